The first kappa shape index (κ1) is 34.0. The van der Waals surface area contributed by atoms with Crippen LogP contribution in [0.3, 0.4) is 0 Å². The number of hydrogen-bond donors (Lipinski definition) is 1. The minimum Gasteiger partial charge on any atom is -0.452 e. The number of ether oxygens (including phenoxy) is 6. The SMILES string of the molecule is [2H]CC(=O)C1(OC[C@H]2OC(O)[C@@H](OC(=O)c3ccccc3)[C@@H]2OC(=O)c2ccccc2)O[C@H](COCl)[C@@H](OCl)[C@@H]1OC(=O)c1ccccc1. The fraction of sp³-hybridized carbons (Fsp3) is 0.333. The van der Waals surface area contributed by atoms with E-state index in [2.05, 4.69) is 4.29 Å². The molecule has 13 nitrogen and oxygen atoms in total. The maximum absolute atomic E-state index is 13.5. The maximum Gasteiger partial charge on any atom is 0.338 e. The van der Waals surface area contributed by atoms with Gasteiger partial charge in [-0.1, -0.05) is 54.6 Å². The van der Waals surface area contributed by atoms with Gasteiger partial charge in [-0.25, -0.2) is 14.4 Å². The molecular formula is C33H30Cl2O13. The molecule has 2 fully saturated rings. The number of Topliss-reactive ketones (excluding diaryl/α,β-unsaturated/α-hetero) is 1. The van der Waals surface area contributed by atoms with E-state index < -0.39 is 92.5 Å². The number of halogens is 2. The summed E-state index contributed by atoms with van der Waals surface area (Å²) < 4.78 is 52.1. The molecule has 3 aromatic rings. The minimum atomic E-state index is -2.56. The summed E-state index contributed by atoms with van der Waals surface area (Å²) in [5.74, 6) is -6.21. The molecule has 5 rings (SSSR count). The van der Waals surface area contributed by atoms with E-state index in [-0.39, 0.29) is 16.7 Å². The zero-order valence-electron chi connectivity index (χ0n) is 25.9. The van der Waals surface area contributed by atoms with E-state index in [0.29, 0.717) is 0 Å². The van der Waals surface area contributed by atoms with E-state index in [1.165, 1.54) is 36.4 Å². The van der Waals surface area contributed by atoms with Gasteiger partial charge in [-0.15, -0.1) is 0 Å². The summed E-state index contributed by atoms with van der Waals surface area (Å²) in [5, 5.41) is 10.9. The summed E-state index contributed by atoms with van der Waals surface area (Å²) in [6, 6.07) is 23.5. The summed E-state index contributed by atoms with van der Waals surface area (Å²) in [4.78, 5) is 52.9. The summed E-state index contributed by atoms with van der Waals surface area (Å²) >= 11 is 11.3. The molecule has 3 aromatic carbocycles. The first-order chi connectivity index (χ1) is 23.7. The first-order valence-corrected chi connectivity index (χ1v) is 15.1. The van der Waals surface area contributed by atoms with E-state index in [4.69, 9.17) is 57.8 Å². The molecule has 2 aliphatic heterocycles. The van der Waals surface area contributed by atoms with Crippen molar-refractivity contribution in [3.8, 4) is 0 Å². The van der Waals surface area contributed by atoms with Crippen molar-refractivity contribution in [3.63, 3.8) is 0 Å². The Morgan fingerprint density at radius 3 is 1.71 bits per heavy atom. The average molecular weight is 707 g/mol. The van der Waals surface area contributed by atoms with Crippen molar-refractivity contribution in [2.45, 2.75) is 55.6 Å². The minimum absolute atomic E-state index is 0.0956. The Bertz CT molecular complexity index is 1590. The van der Waals surface area contributed by atoms with Crippen LogP contribution < -0.4 is 0 Å². The fourth-order valence-electron chi connectivity index (χ4n) is 5.24. The van der Waals surface area contributed by atoms with Crippen LogP contribution in [0.25, 0.3) is 0 Å². The average Bonchev–Trinajstić information content (AvgIpc) is 3.60. The molecule has 0 bridgehead atoms. The smallest absolute Gasteiger partial charge is 0.338 e. The lowest BCUT2D eigenvalue weighted by atomic mass is 10.0. The van der Waals surface area contributed by atoms with Crippen LogP contribution in [0, 0.1) is 0 Å². The molecular weight excluding hydrogens is 675 g/mol. The number of benzene rings is 3. The molecule has 0 saturated carbocycles. The zero-order valence-corrected chi connectivity index (χ0v) is 26.4. The van der Waals surface area contributed by atoms with Gasteiger partial charge in [-0.05, 0) is 36.4 Å². The van der Waals surface area contributed by atoms with Gasteiger partial charge in [0.25, 0.3) is 5.79 Å². The van der Waals surface area contributed by atoms with Crippen LogP contribution in [-0.4, -0.2) is 90.7 Å². The molecule has 0 radical (unpaired) electrons. The quantitative estimate of drug-likeness (QED) is 0.202. The van der Waals surface area contributed by atoms with Crippen molar-refractivity contribution in [3.05, 3.63) is 108 Å². The zero-order chi connectivity index (χ0) is 35.0. The van der Waals surface area contributed by atoms with Gasteiger partial charge in [0.1, 0.15) is 12.2 Å². The Morgan fingerprint density at radius 1 is 0.729 bits per heavy atom. The van der Waals surface area contributed by atoms with Crippen LogP contribution in [0.2, 0.25) is 0 Å². The van der Waals surface area contributed by atoms with Crippen LogP contribution in [0.1, 0.15) is 39.3 Å². The fourth-order valence-corrected chi connectivity index (χ4v) is 5.57. The molecule has 48 heavy (non-hydrogen) atoms. The third kappa shape index (κ3) is 7.69. The number of carbonyl (C=O) groups is 4. The third-order valence-corrected chi connectivity index (χ3v) is 7.91. The summed E-state index contributed by atoms with van der Waals surface area (Å²) in [7, 11) is 0. The molecule has 2 aliphatic rings. The largest absolute Gasteiger partial charge is 0.452 e. The third-order valence-electron chi connectivity index (χ3n) is 7.58. The Morgan fingerprint density at radius 2 is 1.23 bits per heavy atom. The molecule has 0 spiro atoms. The molecule has 1 N–H and O–H groups in total. The first-order valence-electron chi connectivity index (χ1n) is 15.2. The van der Waals surface area contributed by atoms with E-state index >= 15 is 0 Å². The van der Waals surface area contributed by atoms with Crippen LogP contribution in [0.15, 0.2) is 91.0 Å². The Balaban J connectivity index is 1.45. The summed E-state index contributed by atoms with van der Waals surface area (Å²) in [6.07, 6.45) is -10.7. The molecule has 2 heterocycles. The van der Waals surface area contributed by atoms with Gasteiger partial charge in [0.15, 0.2) is 36.5 Å². The van der Waals surface area contributed by atoms with Crippen LogP contribution in [0.4, 0.5) is 0 Å². The molecule has 0 amide bonds. The highest BCUT2D eigenvalue weighted by Crippen LogP contribution is 2.40. The Kier molecular flexibility index (Phi) is 11.3. The normalized spacial score (nSPS) is 28.3. The van der Waals surface area contributed by atoms with Crippen molar-refractivity contribution in [2.75, 3.05) is 13.2 Å². The maximum atomic E-state index is 13.5. The lowest BCUT2D eigenvalue weighted by Gasteiger charge is -2.33. The molecule has 0 aromatic heterocycles. The van der Waals surface area contributed by atoms with Gasteiger partial charge in [-0.2, -0.15) is 0 Å². The highest BCUT2D eigenvalue weighted by Gasteiger charge is 2.64. The van der Waals surface area contributed by atoms with Gasteiger partial charge in [0.2, 0.25) is 0 Å². The highest BCUT2D eigenvalue weighted by molar-refractivity contribution is 6.08. The second-order valence-electron chi connectivity index (χ2n) is 10.6. The Labute approximate surface area is 286 Å². The topological polar surface area (TPSA) is 162 Å². The van der Waals surface area contributed by atoms with Crippen molar-refractivity contribution in [2.24, 2.45) is 0 Å². The molecule has 2 saturated heterocycles. The Hall–Kier alpha value is -3.92. The number of rotatable bonds is 13. The van der Waals surface area contributed by atoms with E-state index in [1.807, 2.05) is 0 Å². The number of esters is 3. The summed E-state index contributed by atoms with van der Waals surface area (Å²) in [5.41, 5.74) is 0.374. The number of carbonyl (C=O) groups excluding carboxylic acids is 4. The van der Waals surface area contributed by atoms with Gasteiger partial charge < -0.3 is 33.5 Å². The van der Waals surface area contributed by atoms with Crippen LogP contribution in [0.5, 0.6) is 0 Å². The number of aliphatic hydroxyl groups is 1. The number of aliphatic hydroxyl groups excluding tert-OH is 1. The lowest BCUT2D eigenvalue weighted by molar-refractivity contribution is -0.257. The van der Waals surface area contributed by atoms with Crippen molar-refractivity contribution in [1.29, 1.82) is 0 Å². The number of ketones is 1. The van der Waals surface area contributed by atoms with Crippen LogP contribution in [-0.2, 0) is 41.8 Å². The van der Waals surface area contributed by atoms with E-state index in [9.17, 15) is 24.3 Å². The van der Waals surface area contributed by atoms with Gasteiger partial charge in [0.05, 0.1) is 53.6 Å². The van der Waals surface area contributed by atoms with Crippen molar-refractivity contribution >= 4 is 47.4 Å². The molecule has 254 valence electrons. The second kappa shape index (κ2) is 16.0. The monoisotopic (exact) mass is 705 g/mol. The van der Waals surface area contributed by atoms with E-state index in [1.54, 1.807) is 54.6 Å². The molecule has 2 unspecified atom stereocenters. The van der Waals surface area contributed by atoms with Gasteiger partial charge >= 0.3 is 17.9 Å². The number of hydrogen-bond acceptors (Lipinski definition) is 13. The van der Waals surface area contributed by atoms with E-state index in [0.717, 1.165) is 0 Å². The summed E-state index contributed by atoms with van der Waals surface area (Å²) in [6.45, 7) is -2.07. The second-order valence-corrected chi connectivity index (χ2v) is 11.0. The van der Waals surface area contributed by atoms with Crippen LogP contribution >= 0.6 is 23.7 Å². The molecule has 0 aliphatic carbocycles. The highest BCUT2D eigenvalue weighted by atomic mass is 35.5. The van der Waals surface area contributed by atoms with Gasteiger partial charge in [-0.3, -0.25) is 13.4 Å². The van der Waals surface area contributed by atoms with Crippen molar-refractivity contribution in [1.82, 2.24) is 0 Å². The van der Waals surface area contributed by atoms with Crippen molar-refractivity contribution < 1.29 is 62.7 Å². The standard InChI is InChI=1S/C33H30Cl2O13/c1-19(36)33(28(26(48-35)24(47-33)18-42-34)46-31(39)22-15-9-4-10-16-22)41-17-23-25(44-29(37)20-11-5-2-6-12-20)27(32(40)43-23)45-30(38)21-13-7-3-8-14-21/h2-16,23-28,32,40H,17-18H2,1H3/t23-,24-,25-,26-,27+,28+,32?,33?/m1/s1/i1D. The predicted molar refractivity (Wildman–Crippen MR) is 165 cm³/mol. The predicted octanol–water partition coefficient (Wildman–Crippen LogP) is 3.79. The molecule has 15 heteroatoms. The van der Waals surface area contributed by atoms with Gasteiger partial charge in [0, 0.05) is 8.27 Å². The lowest BCUT2D eigenvalue weighted by Crippen LogP contribution is -2.54. The molecule has 8 atom stereocenters.